The minimum Gasteiger partial charge on any atom is -0.497 e. The molecule has 1 aromatic heterocycles. The third-order valence-electron chi connectivity index (χ3n) is 6.43. The molecule has 2 amide bonds. The van der Waals surface area contributed by atoms with E-state index in [1.54, 1.807) is 19.4 Å². The van der Waals surface area contributed by atoms with Gasteiger partial charge in [-0.2, -0.15) is 0 Å². The molecule has 0 radical (unpaired) electrons. The van der Waals surface area contributed by atoms with Crippen LogP contribution in [0.5, 0.6) is 5.75 Å². The topological polar surface area (TPSA) is 88.6 Å². The molecule has 1 fully saturated rings. The number of Topliss-reactive ketones (excluding diaryl/α,β-unsaturated/α-hetero) is 1. The number of hydrogen-bond donors (Lipinski definition) is 1. The molecular weight excluding hydrogens is 474 g/mol. The van der Waals surface area contributed by atoms with Crippen LogP contribution in [0.4, 0.5) is 5.69 Å². The Morgan fingerprint density at radius 2 is 1.83 bits per heavy atom. The van der Waals surface area contributed by atoms with E-state index in [0.29, 0.717) is 49.5 Å². The summed E-state index contributed by atoms with van der Waals surface area (Å²) in [6.45, 7) is 2.90. The van der Waals surface area contributed by atoms with Gasteiger partial charge in [0.05, 0.1) is 17.8 Å². The van der Waals surface area contributed by atoms with Gasteiger partial charge in [0.1, 0.15) is 17.2 Å². The van der Waals surface area contributed by atoms with Crippen LogP contribution in [-0.4, -0.2) is 47.7 Å². The van der Waals surface area contributed by atoms with Crippen molar-refractivity contribution in [3.05, 3.63) is 64.6 Å². The zero-order valence-corrected chi connectivity index (χ0v) is 21.5. The van der Waals surface area contributed by atoms with Crippen LogP contribution in [0.1, 0.15) is 60.4 Å². The summed E-state index contributed by atoms with van der Waals surface area (Å²) in [7, 11) is 1.60. The molecular formula is C28H31N3O4S. The van der Waals surface area contributed by atoms with Crippen molar-refractivity contribution in [2.24, 2.45) is 0 Å². The highest BCUT2D eigenvalue weighted by atomic mass is 32.1. The van der Waals surface area contributed by atoms with Gasteiger partial charge in [-0.15, -0.1) is 11.3 Å². The highest BCUT2D eigenvalue weighted by Gasteiger charge is 2.26. The van der Waals surface area contributed by atoms with Gasteiger partial charge in [0.15, 0.2) is 0 Å². The number of nitrogens with zero attached hydrogens (tertiary/aromatic N) is 2. The number of hydrogen-bond acceptors (Lipinski definition) is 6. The molecule has 0 aliphatic carbocycles. The van der Waals surface area contributed by atoms with Crippen molar-refractivity contribution in [3.63, 3.8) is 0 Å². The molecule has 1 aliphatic rings. The average molecular weight is 506 g/mol. The quantitative estimate of drug-likeness (QED) is 0.413. The number of nitrogens with one attached hydrogen (secondary N) is 1. The summed E-state index contributed by atoms with van der Waals surface area (Å²) < 4.78 is 5.37. The van der Waals surface area contributed by atoms with Crippen LogP contribution >= 0.6 is 11.3 Å². The summed E-state index contributed by atoms with van der Waals surface area (Å²) in [6.07, 6.45) is 3.12. The molecule has 0 atom stereocenters. The molecule has 2 aromatic carbocycles. The van der Waals surface area contributed by atoms with E-state index in [0.717, 1.165) is 29.0 Å². The van der Waals surface area contributed by atoms with Crippen molar-refractivity contribution < 1.29 is 19.1 Å². The molecule has 1 saturated heterocycles. The lowest BCUT2D eigenvalue weighted by molar-refractivity contribution is -0.132. The van der Waals surface area contributed by atoms with Gasteiger partial charge >= 0.3 is 0 Å². The molecule has 0 bridgehead atoms. The van der Waals surface area contributed by atoms with E-state index in [9.17, 15) is 14.4 Å². The molecule has 1 aliphatic heterocycles. The Morgan fingerprint density at radius 1 is 1.08 bits per heavy atom. The van der Waals surface area contributed by atoms with E-state index in [2.05, 4.69) is 10.3 Å². The molecule has 2 heterocycles. The molecule has 1 N–H and O–H groups in total. The van der Waals surface area contributed by atoms with Gasteiger partial charge in [-0.25, -0.2) is 4.98 Å². The Labute approximate surface area is 215 Å². The number of methoxy groups -OCH3 is 1. The van der Waals surface area contributed by atoms with Crippen LogP contribution in [0.15, 0.2) is 53.9 Å². The number of piperidine rings is 1. The summed E-state index contributed by atoms with van der Waals surface area (Å²) in [5.41, 5.74) is 2.95. The third kappa shape index (κ3) is 6.37. The number of benzene rings is 2. The monoisotopic (exact) mass is 505 g/mol. The second-order valence-corrected chi connectivity index (χ2v) is 9.90. The number of carbonyl (C=O) groups is 3. The molecule has 4 rings (SSSR count). The van der Waals surface area contributed by atoms with Gasteiger partial charge in [0, 0.05) is 48.9 Å². The predicted molar refractivity (Wildman–Crippen MR) is 142 cm³/mol. The van der Waals surface area contributed by atoms with Crippen LogP contribution in [0, 0.1) is 0 Å². The van der Waals surface area contributed by atoms with Crippen LogP contribution in [0.3, 0.4) is 0 Å². The third-order valence-corrected chi connectivity index (χ3v) is 7.44. The second-order valence-electron chi connectivity index (χ2n) is 9.01. The fourth-order valence-electron chi connectivity index (χ4n) is 4.41. The number of aromatic nitrogens is 1. The lowest BCUT2D eigenvalue weighted by atomic mass is 9.97. The van der Waals surface area contributed by atoms with Crippen LogP contribution in [-0.2, 0) is 9.59 Å². The summed E-state index contributed by atoms with van der Waals surface area (Å²) in [5.74, 6) is 0.858. The van der Waals surface area contributed by atoms with E-state index < -0.39 is 0 Å². The highest BCUT2D eigenvalue weighted by Crippen LogP contribution is 2.33. The van der Waals surface area contributed by atoms with Gasteiger partial charge in [-0.1, -0.05) is 30.3 Å². The van der Waals surface area contributed by atoms with E-state index >= 15 is 0 Å². The molecule has 0 spiro atoms. The normalized spacial score (nSPS) is 13.9. The minimum atomic E-state index is -0.263. The first-order chi connectivity index (χ1) is 17.4. The smallest absolute Gasteiger partial charge is 0.275 e. The van der Waals surface area contributed by atoms with Crippen LogP contribution in [0.2, 0.25) is 0 Å². The first-order valence-electron chi connectivity index (χ1n) is 12.2. The Balaban J connectivity index is 1.39. The average Bonchev–Trinajstić information content (AvgIpc) is 3.39. The van der Waals surface area contributed by atoms with Crippen molar-refractivity contribution in [2.45, 2.75) is 44.9 Å². The summed E-state index contributed by atoms with van der Waals surface area (Å²) in [4.78, 5) is 43.1. The van der Waals surface area contributed by atoms with Gasteiger partial charge in [-0.05, 0) is 43.9 Å². The molecule has 188 valence electrons. The van der Waals surface area contributed by atoms with E-state index in [1.807, 2.05) is 53.4 Å². The Morgan fingerprint density at radius 3 is 2.53 bits per heavy atom. The molecule has 8 heteroatoms. The fraction of sp³-hybridized carbons (Fsp3) is 0.357. The van der Waals surface area contributed by atoms with E-state index in [4.69, 9.17) is 4.74 Å². The molecule has 0 saturated carbocycles. The molecule has 0 unspecified atom stereocenters. The Hall–Kier alpha value is -3.52. The summed E-state index contributed by atoms with van der Waals surface area (Å²) in [5, 5.41) is 5.74. The number of thiazole rings is 1. The van der Waals surface area contributed by atoms with Crippen LogP contribution < -0.4 is 10.1 Å². The minimum absolute atomic E-state index is 0.112. The number of likely N-dealkylation sites (tertiary alicyclic amines) is 1. The number of ketones is 1. The van der Waals surface area contributed by atoms with Crippen molar-refractivity contribution in [1.29, 1.82) is 0 Å². The molecule has 36 heavy (non-hydrogen) atoms. The Kier molecular flexibility index (Phi) is 8.48. The maximum absolute atomic E-state index is 13.1. The molecule has 3 aromatic rings. The summed E-state index contributed by atoms with van der Waals surface area (Å²) >= 11 is 1.49. The number of amides is 2. The van der Waals surface area contributed by atoms with Gasteiger partial charge in [-0.3, -0.25) is 9.59 Å². The lowest BCUT2D eigenvalue weighted by Gasteiger charge is -2.31. The van der Waals surface area contributed by atoms with Crippen molar-refractivity contribution in [2.75, 3.05) is 25.5 Å². The van der Waals surface area contributed by atoms with Gasteiger partial charge in [0.2, 0.25) is 5.91 Å². The number of carbonyl (C=O) groups excluding carboxylic acids is 3. The van der Waals surface area contributed by atoms with E-state index in [1.165, 1.54) is 11.3 Å². The highest BCUT2D eigenvalue weighted by molar-refractivity contribution is 7.10. The van der Waals surface area contributed by atoms with Gasteiger partial charge in [0.25, 0.3) is 5.91 Å². The zero-order valence-electron chi connectivity index (χ0n) is 20.7. The summed E-state index contributed by atoms with van der Waals surface area (Å²) in [6, 6.07) is 15.5. The SMILES string of the molecule is COc1ccc(-c2ccccc2)c(NC(=O)c2csc(C3CCN(C(=O)CCCC(C)=O)CC3)n2)c1. The largest absolute Gasteiger partial charge is 0.497 e. The number of anilines is 1. The fourth-order valence-corrected chi connectivity index (χ4v) is 5.38. The first kappa shape index (κ1) is 25.6. The predicted octanol–water partition coefficient (Wildman–Crippen LogP) is 5.54. The number of ether oxygens (including phenoxy) is 1. The maximum Gasteiger partial charge on any atom is 0.275 e. The van der Waals surface area contributed by atoms with Gasteiger partial charge < -0.3 is 19.7 Å². The lowest BCUT2D eigenvalue weighted by Crippen LogP contribution is -2.37. The van der Waals surface area contributed by atoms with Crippen molar-refractivity contribution >= 4 is 34.6 Å². The molecule has 7 nitrogen and oxygen atoms in total. The van der Waals surface area contributed by atoms with E-state index in [-0.39, 0.29) is 23.5 Å². The standard InChI is InChI=1S/C28H31N3O4S/c1-19(32)7-6-10-26(33)31-15-13-21(14-16-31)28-30-25(18-36-28)27(34)29-24-17-22(35-2)11-12-23(24)20-8-4-3-5-9-20/h3-5,8-9,11-12,17-18,21H,6-7,10,13-16H2,1-2H3,(H,29,34). The first-order valence-corrected chi connectivity index (χ1v) is 13.1. The zero-order chi connectivity index (χ0) is 25.5. The van der Waals surface area contributed by atoms with Crippen molar-refractivity contribution in [3.8, 4) is 16.9 Å². The second kappa shape index (κ2) is 11.9. The van der Waals surface area contributed by atoms with Crippen LogP contribution in [0.25, 0.3) is 11.1 Å². The number of rotatable bonds is 9. The maximum atomic E-state index is 13.1. The van der Waals surface area contributed by atoms with Crippen molar-refractivity contribution in [1.82, 2.24) is 9.88 Å². The Bertz CT molecular complexity index is 1220.